The van der Waals surface area contributed by atoms with Crippen molar-refractivity contribution >= 4 is 15.9 Å². The molecule has 1 atom stereocenters. The monoisotopic (exact) mass is 302 g/mol. The maximum absolute atomic E-state index is 10.2. The van der Waals surface area contributed by atoms with Crippen LogP contribution in [0.2, 0.25) is 0 Å². The van der Waals surface area contributed by atoms with Crippen molar-refractivity contribution in [3.05, 3.63) is 16.4 Å². The lowest BCUT2D eigenvalue weighted by molar-refractivity contribution is 0.152. The fourth-order valence-corrected chi connectivity index (χ4v) is 2.59. The molecule has 1 aromatic rings. The number of nitrogens with zero attached hydrogens (tertiary/aromatic N) is 2. The van der Waals surface area contributed by atoms with Crippen LogP contribution in [0, 0.1) is 0 Å². The lowest BCUT2D eigenvalue weighted by Crippen LogP contribution is -2.08. The second-order valence-electron chi connectivity index (χ2n) is 4.41. The van der Waals surface area contributed by atoms with Crippen molar-refractivity contribution in [2.24, 2.45) is 0 Å². The number of unbranched alkanes of at least 4 members (excludes halogenated alkanes) is 4. The van der Waals surface area contributed by atoms with E-state index in [4.69, 9.17) is 0 Å². The number of rotatable bonds is 8. The third-order valence-corrected chi connectivity index (χ3v) is 3.64. The molecule has 0 saturated heterocycles. The predicted octanol–water partition coefficient (Wildman–Crippen LogP) is 4.06. The molecule has 1 N–H and O–H groups in total. The van der Waals surface area contributed by atoms with Gasteiger partial charge in [0.15, 0.2) is 0 Å². The molecule has 98 valence electrons. The van der Waals surface area contributed by atoms with Gasteiger partial charge in [-0.15, -0.1) is 0 Å². The zero-order valence-electron chi connectivity index (χ0n) is 10.8. The van der Waals surface area contributed by atoms with Gasteiger partial charge in [-0.05, 0) is 29.3 Å². The fraction of sp³-hybridized carbons (Fsp3) is 0.769. The number of halogens is 1. The van der Waals surface area contributed by atoms with E-state index in [1.807, 2.05) is 11.6 Å². The van der Waals surface area contributed by atoms with E-state index >= 15 is 0 Å². The molecule has 4 heteroatoms. The Morgan fingerprint density at radius 1 is 1.29 bits per heavy atom. The Labute approximate surface area is 112 Å². The van der Waals surface area contributed by atoms with E-state index in [1.54, 1.807) is 6.20 Å². The number of hydrogen-bond donors (Lipinski definition) is 1. The zero-order valence-corrected chi connectivity index (χ0v) is 12.4. The van der Waals surface area contributed by atoms with E-state index in [0.717, 1.165) is 29.6 Å². The van der Waals surface area contributed by atoms with Gasteiger partial charge in [-0.3, -0.25) is 4.68 Å². The van der Waals surface area contributed by atoms with Crippen LogP contribution in [0.1, 0.15) is 64.2 Å². The van der Waals surface area contributed by atoms with Crippen molar-refractivity contribution < 1.29 is 5.11 Å². The van der Waals surface area contributed by atoms with Gasteiger partial charge < -0.3 is 5.11 Å². The van der Waals surface area contributed by atoms with Crippen LogP contribution in [0.15, 0.2) is 10.7 Å². The summed E-state index contributed by atoms with van der Waals surface area (Å²) in [6.07, 6.45) is 8.33. The fourth-order valence-electron chi connectivity index (χ4n) is 2.03. The summed E-state index contributed by atoms with van der Waals surface area (Å²) >= 11 is 3.45. The van der Waals surface area contributed by atoms with Gasteiger partial charge in [-0.1, -0.05) is 39.0 Å². The summed E-state index contributed by atoms with van der Waals surface area (Å²) < 4.78 is 2.78. The Morgan fingerprint density at radius 2 is 2.00 bits per heavy atom. The van der Waals surface area contributed by atoms with Gasteiger partial charge in [0.2, 0.25) is 0 Å². The number of aliphatic hydroxyl groups is 1. The molecule has 0 aliphatic heterocycles. The summed E-state index contributed by atoms with van der Waals surface area (Å²) in [6.45, 7) is 5.05. The van der Waals surface area contributed by atoms with E-state index < -0.39 is 6.10 Å². The minimum absolute atomic E-state index is 0.395. The van der Waals surface area contributed by atoms with Crippen LogP contribution >= 0.6 is 15.9 Å². The van der Waals surface area contributed by atoms with Gasteiger partial charge in [-0.2, -0.15) is 5.10 Å². The van der Waals surface area contributed by atoms with E-state index in [2.05, 4.69) is 28.0 Å². The van der Waals surface area contributed by atoms with E-state index in [9.17, 15) is 5.11 Å². The highest BCUT2D eigenvalue weighted by Gasteiger charge is 2.16. The molecule has 0 amide bonds. The average Bonchev–Trinajstić information content (AvgIpc) is 2.70. The van der Waals surface area contributed by atoms with Crippen LogP contribution in [0.4, 0.5) is 0 Å². The van der Waals surface area contributed by atoms with Crippen LogP contribution in [-0.2, 0) is 6.54 Å². The molecule has 0 fully saturated rings. The first kappa shape index (κ1) is 14.7. The highest BCUT2D eigenvalue weighted by atomic mass is 79.9. The Morgan fingerprint density at radius 3 is 2.65 bits per heavy atom. The third kappa shape index (κ3) is 4.43. The SMILES string of the molecule is CCCCCCCC(O)c1c(Br)cnn1CC. The van der Waals surface area contributed by atoms with Crippen molar-refractivity contribution in [2.75, 3.05) is 0 Å². The molecule has 0 aliphatic rings. The molecule has 0 saturated carbocycles. The zero-order chi connectivity index (χ0) is 12.7. The number of aliphatic hydroxyl groups excluding tert-OH is 1. The second-order valence-corrected chi connectivity index (χ2v) is 5.27. The largest absolute Gasteiger partial charge is 0.387 e. The first-order valence-corrected chi connectivity index (χ1v) is 7.39. The maximum atomic E-state index is 10.2. The number of hydrogen-bond acceptors (Lipinski definition) is 2. The highest BCUT2D eigenvalue weighted by Crippen LogP contribution is 2.27. The summed E-state index contributed by atoms with van der Waals surface area (Å²) in [4.78, 5) is 0. The molecule has 1 heterocycles. The summed E-state index contributed by atoms with van der Waals surface area (Å²) in [5, 5.41) is 14.4. The summed E-state index contributed by atoms with van der Waals surface area (Å²) in [6, 6.07) is 0. The van der Waals surface area contributed by atoms with Crippen LogP contribution in [0.25, 0.3) is 0 Å². The van der Waals surface area contributed by atoms with Gasteiger partial charge in [0.25, 0.3) is 0 Å². The summed E-state index contributed by atoms with van der Waals surface area (Å²) in [7, 11) is 0. The molecule has 0 radical (unpaired) electrons. The topological polar surface area (TPSA) is 38.1 Å². The van der Waals surface area contributed by atoms with Gasteiger partial charge in [0, 0.05) is 6.54 Å². The molecule has 0 aliphatic carbocycles. The van der Waals surface area contributed by atoms with Crippen LogP contribution in [0.3, 0.4) is 0 Å². The van der Waals surface area contributed by atoms with Gasteiger partial charge in [-0.25, -0.2) is 0 Å². The van der Waals surface area contributed by atoms with Crippen LogP contribution < -0.4 is 0 Å². The molecule has 0 spiro atoms. The maximum Gasteiger partial charge on any atom is 0.0968 e. The van der Waals surface area contributed by atoms with Gasteiger partial charge in [0.1, 0.15) is 0 Å². The van der Waals surface area contributed by atoms with Crippen molar-refractivity contribution in [1.29, 1.82) is 0 Å². The standard InChI is InChI=1S/C13H23BrN2O/c1-3-5-6-7-8-9-12(17)13-11(14)10-15-16(13)4-2/h10,12,17H,3-9H2,1-2H3. The summed E-state index contributed by atoms with van der Waals surface area (Å²) in [5.41, 5.74) is 0.919. The Hall–Kier alpha value is -0.350. The quantitative estimate of drug-likeness (QED) is 0.735. The van der Waals surface area contributed by atoms with Crippen molar-refractivity contribution in [3.63, 3.8) is 0 Å². The Kier molecular flexibility index (Phi) is 6.82. The molecule has 0 bridgehead atoms. The molecular weight excluding hydrogens is 280 g/mol. The second kappa shape index (κ2) is 7.88. The number of aromatic nitrogens is 2. The predicted molar refractivity (Wildman–Crippen MR) is 73.9 cm³/mol. The highest BCUT2D eigenvalue weighted by molar-refractivity contribution is 9.10. The lowest BCUT2D eigenvalue weighted by Gasteiger charge is -2.13. The minimum atomic E-state index is -0.395. The first-order valence-electron chi connectivity index (χ1n) is 6.60. The molecule has 3 nitrogen and oxygen atoms in total. The molecule has 1 unspecified atom stereocenters. The van der Waals surface area contributed by atoms with Gasteiger partial charge >= 0.3 is 0 Å². The van der Waals surface area contributed by atoms with Crippen LogP contribution in [-0.4, -0.2) is 14.9 Å². The van der Waals surface area contributed by atoms with Crippen LogP contribution in [0.5, 0.6) is 0 Å². The summed E-state index contributed by atoms with van der Waals surface area (Å²) in [5.74, 6) is 0. The Balaban J connectivity index is 2.40. The number of aryl methyl sites for hydroxylation is 1. The van der Waals surface area contributed by atoms with E-state index in [-0.39, 0.29) is 0 Å². The lowest BCUT2D eigenvalue weighted by atomic mass is 10.1. The molecule has 1 aromatic heterocycles. The molecule has 17 heavy (non-hydrogen) atoms. The van der Waals surface area contributed by atoms with E-state index in [1.165, 1.54) is 25.7 Å². The molecule has 0 aromatic carbocycles. The normalized spacial score (nSPS) is 12.9. The first-order chi connectivity index (χ1) is 8.20. The average molecular weight is 303 g/mol. The van der Waals surface area contributed by atoms with Crippen molar-refractivity contribution in [1.82, 2.24) is 9.78 Å². The van der Waals surface area contributed by atoms with Crippen molar-refractivity contribution in [2.45, 2.75) is 65.0 Å². The smallest absolute Gasteiger partial charge is 0.0968 e. The van der Waals surface area contributed by atoms with Crippen molar-refractivity contribution in [3.8, 4) is 0 Å². The third-order valence-electron chi connectivity index (χ3n) is 3.03. The van der Waals surface area contributed by atoms with E-state index in [0.29, 0.717) is 0 Å². The van der Waals surface area contributed by atoms with Gasteiger partial charge in [0.05, 0.1) is 22.5 Å². The Bertz CT molecular complexity index is 325. The molecule has 1 rings (SSSR count). The molecular formula is C13H23BrN2O. The minimum Gasteiger partial charge on any atom is -0.387 e.